The summed E-state index contributed by atoms with van der Waals surface area (Å²) in [6.45, 7) is 1.35. The summed E-state index contributed by atoms with van der Waals surface area (Å²) in [5.74, 6) is -0.442. The van der Waals surface area contributed by atoms with Crippen LogP contribution in [0.15, 0.2) is 78.0 Å². The Morgan fingerprint density at radius 2 is 1.95 bits per heavy atom. The molecule has 1 fully saturated rings. The Kier molecular flexibility index (Phi) is 8.60. The molecule has 2 atom stereocenters. The lowest BCUT2D eigenvalue weighted by Gasteiger charge is -2.23. The number of fused-ring (bicyclic) bond motifs is 6. The van der Waals surface area contributed by atoms with Crippen molar-refractivity contribution < 1.29 is 18.7 Å². The second kappa shape index (κ2) is 12.9. The van der Waals surface area contributed by atoms with Crippen molar-refractivity contribution in [2.45, 2.75) is 37.8 Å². The molecule has 3 aromatic carbocycles. The molecular weight excluding hydrogens is 583 g/mol. The highest BCUT2D eigenvalue weighted by Crippen LogP contribution is 2.32. The topological polar surface area (TPSA) is 115 Å². The van der Waals surface area contributed by atoms with Crippen molar-refractivity contribution in [2.24, 2.45) is 4.99 Å². The van der Waals surface area contributed by atoms with Crippen LogP contribution in [0.1, 0.15) is 41.6 Å². The number of benzene rings is 3. The Labute approximate surface area is 259 Å². The summed E-state index contributed by atoms with van der Waals surface area (Å²) < 4.78 is 21.4. The summed E-state index contributed by atoms with van der Waals surface area (Å²) in [5, 5.41) is 7.44. The predicted molar refractivity (Wildman–Crippen MR) is 168 cm³/mol. The number of ether oxygens (including phenoxy) is 1. The minimum Gasteiger partial charge on any atom is -0.488 e. The number of halogens is 2. The van der Waals surface area contributed by atoms with E-state index in [0.717, 1.165) is 36.0 Å². The van der Waals surface area contributed by atoms with Crippen LogP contribution in [0.3, 0.4) is 0 Å². The van der Waals surface area contributed by atoms with Gasteiger partial charge in [-0.05, 0) is 66.8 Å². The molecule has 2 aliphatic heterocycles. The van der Waals surface area contributed by atoms with Gasteiger partial charge in [0.25, 0.3) is 5.91 Å². The van der Waals surface area contributed by atoms with Crippen molar-refractivity contribution in [1.82, 2.24) is 20.0 Å². The molecule has 9 nitrogen and oxygen atoms in total. The molecule has 3 N–H and O–H groups in total. The number of aromatic nitrogens is 2. The molecule has 4 bridgehead atoms. The quantitative estimate of drug-likeness (QED) is 0.298. The van der Waals surface area contributed by atoms with E-state index in [9.17, 15) is 14.0 Å². The van der Waals surface area contributed by atoms with Crippen molar-refractivity contribution >= 4 is 35.3 Å². The molecule has 4 aromatic rings. The van der Waals surface area contributed by atoms with Crippen molar-refractivity contribution in [2.75, 3.05) is 25.4 Å². The maximum Gasteiger partial charge on any atom is 0.257 e. The molecule has 0 spiro atoms. The molecule has 1 aromatic heterocycles. The molecule has 2 aliphatic rings. The Morgan fingerprint density at radius 1 is 1.09 bits per heavy atom. The molecule has 3 heterocycles. The van der Waals surface area contributed by atoms with E-state index in [1.165, 1.54) is 40.2 Å². The average molecular weight is 615 g/mol. The number of carbonyl (C=O) groups is 2. The number of rotatable bonds is 2. The first-order valence-electron chi connectivity index (χ1n) is 14.6. The summed E-state index contributed by atoms with van der Waals surface area (Å²) in [6.07, 6.45) is 7.23. The number of amides is 2. The Balaban J connectivity index is 1.29. The Bertz CT molecular complexity index is 1720. The SMILES string of the molecule is Nc1cccc2c1C=NCCCCCNC(=O)C1CC(CN1C(=O)c1cnn(-c3ccc(F)cc3Cl)c1)Oc1cccc-2c1. The average Bonchev–Trinajstić information content (AvgIpc) is 3.66. The molecule has 1 saturated heterocycles. The third-order valence-electron chi connectivity index (χ3n) is 7.88. The first-order valence-corrected chi connectivity index (χ1v) is 15.0. The van der Waals surface area contributed by atoms with Crippen molar-refractivity contribution in [3.05, 3.63) is 95.0 Å². The lowest BCUT2D eigenvalue weighted by molar-refractivity contribution is -0.124. The predicted octanol–water partition coefficient (Wildman–Crippen LogP) is 5.30. The van der Waals surface area contributed by atoms with Gasteiger partial charge in [-0.25, -0.2) is 9.07 Å². The fraction of sp³-hybridized carbons (Fsp3) is 0.273. The maximum absolute atomic E-state index is 13.8. The van der Waals surface area contributed by atoms with Crippen molar-refractivity contribution in [3.63, 3.8) is 0 Å². The number of nitrogens with zero attached hydrogens (tertiary/aromatic N) is 4. The second-order valence-corrected chi connectivity index (χ2v) is 11.3. The van der Waals surface area contributed by atoms with E-state index in [4.69, 9.17) is 22.1 Å². The molecule has 0 saturated carbocycles. The van der Waals surface area contributed by atoms with E-state index < -0.39 is 18.0 Å². The second-order valence-electron chi connectivity index (χ2n) is 10.9. The van der Waals surface area contributed by atoms with E-state index in [0.29, 0.717) is 36.6 Å². The van der Waals surface area contributed by atoms with E-state index in [1.54, 1.807) is 0 Å². The fourth-order valence-electron chi connectivity index (χ4n) is 5.65. The van der Waals surface area contributed by atoms with E-state index in [-0.39, 0.29) is 28.9 Å². The molecule has 0 aliphatic carbocycles. The number of carbonyl (C=O) groups excluding carboxylic acids is 2. The highest BCUT2D eigenvalue weighted by Gasteiger charge is 2.41. The van der Waals surface area contributed by atoms with E-state index in [1.807, 2.05) is 48.7 Å². The standard InChI is InChI=1S/C33H32ClFN6O3/c34-28-15-23(35)10-11-30(28)41-19-22(17-39-41)33(43)40-20-25-16-31(40)32(42)38-13-3-1-2-12-37-18-27-26(8-5-9-29(27)36)21-6-4-7-24(14-21)44-25/h4-11,14-15,17-19,25,31H,1-3,12-13,16,20,36H2,(H,38,42). The zero-order chi connectivity index (χ0) is 30.6. The number of hydrogen-bond acceptors (Lipinski definition) is 6. The van der Waals surface area contributed by atoms with Gasteiger partial charge in [0.15, 0.2) is 0 Å². The third-order valence-corrected chi connectivity index (χ3v) is 8.19. The lowest BCUT2D eigenvalue weighted by Crippen LogP contribution is -2.46. The summed E-state index contributed by atoms with van der Waals surface area (Å²) in [4.78, 5) is 33.3. The van der Waals surface area contributed by atoms with Crippen LogP contribution in [0.2, 0.25) is 5.02 Å². The number of likely N-dealkylation sites (tertiary alicyclic amines) is 1. The zero-order valence-electron chi connectivity index (χ0n) is 24.0. The van der Waals surface area contributed by atoms with Gasteiger partial charge in [-0.15, -0.1) is 0 Å². The molecule has 44 heavy (non-hydrogen) atoms. The summed E-state index contributed by atoms with van der Waals surface area (Å²) in [7, 11) is 0. The molecule has 226 valence electrons. The lowest BCUT2D eigenvalue weighted by atomic mass is 9.98. The number of anilines is 1. The number of aliphatic imine (C=N–C) groups is 1. The Hall–Kier alpha value is -4.70. The smallest absolute Gasteiger partial charge is 0.257 e. The molecular formula is C33H32ClFN6O3. The fourth-order valence-corrected chi connectivity index (χ4v) is 5.91. The van der Waals surface area contributed by atoms with Crippen LogP contribution in [0.5, 0.6) is 5.75 Å². The van der Waals surface area contributed by atoms with Crippen LogP contribution in [0.25, 0.3) is 16.8 Å². The number of hydrogen-bond donors (Lipinski definition) is 2. The van der Waals surface area contributed by atoms with Gasteiger partial charge in [0.05, 0.1) is 29.0 Å². The van der Waals surface area contributed by atoms with E-state index in [2.05, 4.69) is 15.4 Å². The van der Waals surface area contributed by atoms with E-state index >= 15 is 0 Å². The van der Waals surface area contributed by atoms with Gasteiger partial charge >= 0.3 is 0 Å². The van der Waals surface area contributed by atoms with Gasteiger partial charge < -0.3 is 20.7 Å². The monoisotopic (exact) mass is 614 g/mol. The minimum atomic E-state index is -0.725. The van der Waals surface area contributed by atoms with Gasteiger partial charge in [-0.3, -0.25) is 14.6 Å². The molecule has 11 heteroatoms. The van der Waals surface area contributed by atoms with Crippen molar-refractivity contribution in [1.29, 1.82) is 0 Å². The van der Waals surface area contributed by atoms with Crippen LogP contribution in [-0.4, -0.2) is 64.5 Å². The van der Waals surface area contributed by atoms with Gasteiger partial charge in [0.2, 0.25) is 5.91 Å². The molecule has 2 unspecified atom stereocenters. The van der Waals surface area contributed by atoms with Crippen molar-refractivity contribution in [3.8, 4) is 22.6 Å². The largest absolute Gasteiger partial charge is 0.488 e. The minimum absolute atomic E-state index is 0.161. The highest BCUT2D eigenvalue weighted by molar-refractivity contribution is 6.32. The van der Waals surface area contributed by atoms with Gasteiger partial charge in [0, 0.05) is 43.2 Å². The maximum atomic E-state index is 13.8. The number of nitrogens with one attached hydrogen (secondary N) is 1. The van der Waals surface area contributed by atoms with Crippen LogP contribution in [0.4, 0.5) is 10.1 Å². The molecule has 0 radical (unpaired) electrons. The first-order chi connectivity index (χ1) is 21.4. The molecule has 6 rings (SSSR count). The highest BCUT2D eigenvalue weighted by atomic mass is 35.5. The normalized spacial score (nSPS) is 19.0. The Morgan fingerprint density at radius 3 is 2.82 bits per heavy atom. The van der Waals surface area contributed by atoms with Crippen LogP contribution in [0, 0.1) is 5.82 Å². The number of nitrogens with two attached hydrogens (primary N) is 1. The number of nitrogen functional groups attached to an aromatic ring is 1. The van der Waals surface area contributed by atoms with Crippen LogP contribution >= 0.6 is 11.6 Å². The van der Waals surface area contributed by atoms with Crippen LogP contribution < -0.4 is 15.8 Å². The summed E-state index contributed by atoms with van der Waals surface area (Å²) in [6, 6.07) is 16.7. The van der Waals surface area contributed by atoms with Gasteiger partial charge in [-0.2, -0.15) is 5.10 Å². The van der Waals surface area contributed by atoms with Crippen LogP contribution in [-0.2, 0) is 4.79 Å². The summed E-state index contributed by atoms with van der Waals surface area (Å²) >= 11 is 6.21. The molecule has 2 amide bonds. The summed E-state index contributed by atoms with van der Waals surface area (Å²) in [5.41, 5.74) is 10.4. The zero-order valence-corrected chi connectivity index (χ0v) is 24.7. The third kappa shape index (κ3) is 6.30. The first kappa shape index (κ1) is 29.4. The van der Waals surface area contributed by atoms with Gasteiger partial charge in [-0.1, -0.05) is 35.9 Å². The van der Waals surface area contributed by atoms with Gasteiger partial charge in [0.1, 0.15) is 23.7 Å².